The van der Waals surface area contributed by atoms with E-state index < -0.39 is 4.92 Å². The fourth-order valence-electron chi connectivity index (χ4n) is 2.90. The molecule has 0 saturated heterocycles. The van der Waals surface area contributed by atoms with Gasteiger partial charge in [0.25, 0.3) is 11.6 Å². The third-order valence-electron chi connectivity index (χ3n) is 4.48. The lowest BCUT2D eigenvalue weighted by Gasteiger charge is -2.10. The zero-order valence-electron chi connectivity index (χ0n) is 15.5. The van der Waals surface area contributed by atoms with E-state index in [9.17, 15) is 14.9 Å². The van der Waals surface area contributed by atoms with Gasteiger partial charge < -0.3 is 10.1 Å². The van der Waals surface area contributed by atoms with Gasteiger partial charge in [-0.15, -0.1) is 11.8 Å². The van der Waals surface area contributed by atoms with Gasteiger partial charge in [-0.2, -0.15) is 0 Å². The molecular weight excluding hydrogens is 390 g/mol. The third kappa shape index (κ3) is 4.83. The van der Waals surface area contributed by atoms with Gasteiger partial charge in [0.1, 0.15) is 5.75 Å². The third-order valence-corrected chi connectivity index (χ3v) is 5.36. The molecule has 8 heteroatoms. The number of nitro benzene ring substituents is 1. The molecule has 0 unspecified atom stereocenters. The molecule has 3 aromatic rings. The molecule has 1 amide bonds. The number of benzene rings is 2. The van der Waals surface area contributed by atoms with Gasteiger partial charge in [-0.25, -0.2) is 4.98 Å². The lowest BCUT2D eigenvalue weighted by Crippen LogP contribution is -2.25. The average molecular weight is 409 g/mol. The highest BCUT2D eigenvalue weighted by atomic mass is 32.2. The molecule has 0 aliphatic heterocycles. The van der Waals surface area contributed by atoms with Crippen molar-refractivity contribution < 1.29 is 14.5 Å². The summed E-state index contributed by atoms with van der Waals surface area (Å²) in [6, 6.07) is 15.8. The Morgan fingerprint density at radius 3 is 2.83 bits per heavy atom. The van der Waals surface area contributed by atoms with Crippen molar-refractivity contribution in [2.75, 3.05) is 12.4 Å². The normalized spacial score (nSPS) is 13.2. The van der Waals surface area contributed by atoms with E-state index in [1.165, 1.54) is 23.9 Å². The van der Waals surface area contributed by atoms with E-state index in [1.54, 1.807) is 12.1 Å². The first kappa shape index (κ1) is 19.2. The van der Waals surface area contributed by atoms with Crippen molar-refractivity contribution in [3.8, 4) is 5.75 Å². The van der Waals surface area contributed by atoms with Crippen LogP contribution in [0.25, 0.3) is 10.9 Å². The van der Waals surface area contributed by atoms with Crippen LogP contribution < -0.4 is 10.1 Å². The number of thioether (sulfide) groups is 1. The molecule has 7 nitrogen and oxygen atoms in total. The van der Waals surface area contributed by atoms with Gasteiger partial charge in [0.05, 0.1) is 33.7 Å². The van der Waals surface area contributed by atoms with Crippen LogP contribution in [0.2, 0.25) is 0 Å². The van der Waals surface area contributed by atoms with Crippen molar-refractivity contribution in [2.45, 2.75) is 23.9 Å². The van der Waals surface area contributed by atoms with Crippen molar-refractivity contribution in [1.29, 1.82) is 0 Å². The second-order valence-corrected chi connectivity index (χ2v) is 7.84. The van der Waals surface area contributed by atoms with Crippen LogP contribution >= 0.6 is 11.8 Å². The van der Waals surface area contributed by atoms with Gasteiger partial charge in [0, 0.05) is 23.2 Å². The Bertz CT molecular complexity index is 1070. The molecule has 2 aromatic carbocycles. The summed E-state index contributed by atoms with van der Waals surface area (Å²) < 4.78 is 5.61. The number of nitrogens with zero attached hydrogens (tertiary/aromatic N) is 2. The number of amides is 1. The van der Waals surface area contributed by atoms with E-state index in [0.717, 1.165) is 28.8 Å². The number of hydrogen-bond donors (Lipinski definition) is 1. The van der Waals surface area contributed by atoms with Crippen LogP contribution in [0, 0.1) is 10.1 Å². The number of hydrogen-bond acceptors (Lipinski definition) is 6. The Hall–Kier alpha value is -3.13. The van der Waals surface area contributed by atoms with Crippen LogP contribution in [0.5, 0.6) is 5.75 Å². The molecule has 1 heterocycles. The fourth-order valence-corrected chi connectivity index (χ4v) is 3.64. The van der Waals surface area contributed by atoms with Crippen molar-refractivity contribution in [2.24, 2.45) is 0 Å². The first-order chi connectivity index (χ1) is 14.1. The Kier molecular flexibility index (Phi) is 5.62. The van der Waals surface area contributed by atoms with Crippen LogP contribution in [0.3, 0.4) is 0 Å². The first-order valence-electron chi connectivity index (χ1n) is 9.31. The molecule has 1 fully saturated rings. The molecule has 1 N–H and O–H groups in total. The zero-order valence-corrected chi connectivity index (χ0v) is 16.4. The lowest BCUT2D eigenvalue weighted by molar-refractivity contribution is -0.384. The number of carbonyl (C=O) groups excluding carboxylic acids is 1. The second-order valence-electron chi connectivity index (χ2n) is 6.72. The van der Waals surface area contributed by atoms with E-state index in [1.807, 2.05) is 30.3 Å². The molecule has 148 valence electrons. The second kappa shape index (κ2) is 8.48. The monoisotopic (exact) mass is 409 g/mol. The highest BCUT2D eigenvalue weighted by molar-refractivity contribution is 7.99. The van der Waals surface area contributed by atoms with Crippen molar-refractivity contribution in [1.82, 2.24) is 10.3 Å². The Balaban J connectivity index is 1.43. The molecule has 1 aliphatic rings. The highest BCUT2D eigenvalue weighted by Gasteiger charge is 2.25. The number of ether oxygens (including phenoxy) is 1. The molecule has 29 heavy (non-hydrogen) atoms. The van der Waals surface area contributed by atoms with E-state index in [-0.39, 0.29) is 17.6 Å². The van der Waals surface area contributed by atoms with Crippen LogP contribution in [0.1, 0.15) is 23.2 Å². The Morgan fingerprint density at radius 2 is 2.03 bits per heavy atom. The quantitative estimate of drug-likeness (QED) is 0.259. The van der Waals surface area contributed by atoms with E-state index in [4.69, 9.17) is 4.74 Å². The summed E-state index contributed by atoms with van der Waals surface area (Å²) in [6.07, 6.45) is 2.07. The summed E-state index contributed by atoms with van der Waals surface area (Å²) in [6.45, 7) is 0.365. The number of aromatic nitrogens is 1. The zero-order chi connectivity index (χ0) is 20.2. The molecule has 1 aromatic heterocycles. The van der Waals surface area contributed by atoms with Gasteiger partial charge in [0.15, 0.2) is 0 Å². The molecule has 1 saturated carbocycles. The Morgan fingerprint density at radius 1 is 1.21 bits per heavy atom. The van der Waals surface area contributed by atoms with Gasteiger partial charge in [0.2, 0.25) is 0 Å². The molecular formula is C21H19N3O4S. The van der Waals surface area contributed by atoms with Gasteiger partial charge in [-0.05, 0) is 31.0 Å². The minimum Gasteiger partial charge on any atom is -0.492 e. The van der Waals surface area contributed by atoms with Crippen LogP contribution in [-0.2, 0) is 0 Å². The van der Waals surface area contributed by atoms with E-state index in [2.05, 4.69) is 10.3 Å². The maximum absolute atomic E-state index is 12.6. The molecule has 1 aliphatic carbocycles. The number of non-ortho nitro benzene ring substituents is 1. The topological polar surface area (TPSA) is 94.4 Å². The van der Waals surface area contributed by atoms with Crippen LogP contribution in [-0.4, -0.2) is 34.2 Å². The summed E-state index contributed by atoms with van der Waals surface area (Å²) in [5, 5.41) is 15.5. The molecule has 4 rings (SSSR count). The predicted octanol–water partition coefficient (Wildman–Crippen LogP) is 4.21. The fraction of sp³-hybridized carbons (Fsp3) is 0.238. The van der Waals surface area contributed by atoms with E-state index in [0.29, 0.717) is 23.7 Å². The van der Waals surface area contributed by atoms with Crippen molar-refractivity contribution in [3.05, 3.63) is 70.3 Å². The Labute approximate surface area is 171 Å². The van der Waals surface area contributed by atoms with Crippen LogP contribution in [0.4, 0.5) is 5.69 Å². The molecule has 0 bridgehead atoms. The first-order valence-corrected chi connectivity index (χ1v) is 10.3. The van der Waals surface area contributed by atoms with Crippen molar-refractivity contribution >= 4 is 34.3 Å². The lowest BCUT2D eigenvalue weighted by atomic mass is 10.1. The number of pyridine rings is 1. The summed E-state index contributed by atoms with van der Waals surface area (Å²) in [4.78, 5) is 27.7. The standard InChI is InChI=1S/C21H19N3O4S/c25-21(22-14-8-9-14)18-13-20(23-19-7-2-1-6-17(18)19)29-11-10-28-16-5-3-4-15(12-16)24(26)27/h1-7,12-14H,8-11H2,(H,22,25). The number of rotatable bonds is 8. The average Bonchev–Trinajstić information content (AvgIpc) is 3.54. The number of nitrogens with one attached hydrogen (secondary N) is 1. The molecule has 0 atom stereocenters. The number of para-hydroxylation sites is 1. The SMILES string of the molecule is O=C(NC1CC1)c1cc(SCCOc2cccc([N+](=O)[O-])c2)nc2ccccc12. The summed E-state index contributed by atoms with van der Waals surface area (Å²) in [7, 11) is 0. The smallest absolute Gasteiger partial charge is 0.273 e. The van der Waals surface area contributed by atoms with Crippen molar-refractivity contribution in [3.63, 3.8) is 0 Å². The summed E-state index contributed by atoms with van der Waals surface area (Å²) in [5.41, 5.74) is 1.40. The minimum atomic E-state index is -0.450. The maximum Gasteiger partial charge on any atom is 0.273 e. The van der Waals surface area contributed by atoms with E-state index >= 15 is 0 Å². The number of carbonyl (C=O) groups is 1. The highest BCUT2D eigenvalue weighted by Crippen LogP contribution is 2.26. The van der Waals surface area contributed by atoms with Gasteiger partial charge >= 0.3 is 0 Å². The molecule has 0 radical (unpaired) electrons. The van der Waals surface area contributed by atoms with Gasteiger partial charge in [-0.3, -0.25) is 14.9 Å². The summed E-state index contributed by atoms with van der Waals surface area (Å²) in [5.74, 6) is 0.981. The van der Waals surface area contributed by atoms with Crippen LogP contribution in [0.15, 0.2) is 59.6 Å². The minimum absolute atomic E-state index is 0.00216. The largest absolute Gasteiger partial charge is 0.492 e. The summed E-state index contributed by atoms with van der Waals surface area (Å²) >= 11 is 1.48. The molecule has 0 spiro atoms. The van der Waals surface area contributed by atoms with Gasteiger partial charge in [-0.1, -0.05) is 24.3 Å². The predicted molar refractivity (Wildman–Crippen MR) is 112 cm³/mol. The maximum atomic E-state index is 12.6. The number of fused-ring (bicyclic) bond motifs is 1. The number of nitro groups is 1.